The minimum Gasteiger partial charge on any atom is -0.482 e. The first-order chi connectivity index (χ1) is 13.4. The number of carbonyl (C=O) groups excluding carboxylic acids is 3. The Kier molecular flexibility index (Phi) is 5.62. The van der Waals surface area contributed by atoms with Gasteiger partial charge < -0.3 is 18.6 Å². The Morgan fingerprint density at radius 2 is 1.96 bits per heavy atom. The number of carbonyl (C=O) groups is 3. The Morgan fingerprint density at radius 1 is 1.21 bits per heavy atom. The number of alkyl carbamates (subject to hydrolysis) is 1. The van der Waals surface area contributed by atoms with Gasteiger partial charge in [0.25, 0.3) is 5.91 Å². The van der Waals surface area contributed by atoms with Gasteiger partial charge in [-0.05, 0) is 43.9 Å². The molecule has 148 valence electrons. The summed E-state index contributed by atoms with van der Waals surface area (Å²) in [6, 6.07) is 4.99. The quantitative estimate of drug-likeness (QED) is 0.603. The molecule has 2 aromatic rings. The molecule has 1 aliphatic rings. The third-order valence-corrected chi connectivity index (χ3v) is 4.39. The molecule has 28 heavy (non-hydrogen) atoms. The van der Waals surface area contributed by atoms with E-state index in [0.29, 0.717) is 11.3 Å². The highest BCUT2D eigenvalue weighted by Crippen LogP contribution is 2.29. The van der Waals surface area contributed by atoms with E-state index in [1.165, 1.54) is 13.0 Å². The van der Waals surface area contributed by atoms with Gasteiger partial charge in [-0.1, -0.05) is 0 Å². The smallest absolute Gasteiger partial charge is 0.413 e. The maximum atomic E-state index is 12.0. The van der Waals surface area contributed by atoms with E-state index in [0.717, 1.165) is 42.9 Å². The van der Waals surface area contributed by atoms with Crippen molar-refractivity contribution in [2.24, 2.45) is 0 Å². The molecule has 3 rings (SSSR count). The summed E-state index contributed by atoms with van der Waals surface area (Å²) in [5.74, 6) is -1.30. The molecule has 0 radical (unpaired) electrons. The SMILES string of the molecule is COC(=O)NC(=O)[C@@H](C)OC(=O)COc1ccc2c3c(c(=O)oc2c1)CCC3. The molecule has 1 aliphatic carbocycles. The van der Waals surface area contributed by atoms with Crippen molar-refractivity contribution in [3.8, 4) is 5.75 Å². The topological polar surface area (TPSA) is 121 Å². The first-order valence-corrected chi connectivity index (χ1v) is 8.68. The van der Waals surface area contributed by atoms with Gasteiger partial charge in [0.15, 0.2) is 12.7 Å². The standard InChI is InChI=1S/C19H19NO8/c1-10(17(22)20-19(24)25-2)27-16(21)9-26-11-6-7-13-12-4-3-5-14(12)18(23)28-15(13)8-11/h6-8,10H,3-5,9H2,1-2H3,(H,20,22,24)/t10-/m1/s1. The Hall–Kier alpha value is -3.36. The molecule has 9 nitrogen and oxygen atoms in total. The number of aryl methyl sites for hydroxylation is 1. The second-order valence-corrected chi connectivity index (χ2v) is 6.26. The molecule has 0 saturated heterocycles. The van der Waals surface area contributed by atoms with Crippen LogP contribution in [-0.2, 0) is 31.9 Å². The van der Waals surface area contributed by atoms with Crippen LogP contribution in [0, 0.1) is 0 Å². The number of esters is 1. The van der Waals surface area contributed by atoms with E-state index in [-0.39, 0.29) is 5.63 Å². The minimum absolute atomic E-state index is 0.317. The first-order valence-electron chi connectivity index (χ1n) is 8.68. The highest BCUT2D eigenvalue weighted by Gasteiger charge is 2.21. The van der Waals surface area contributed by atoms with Crippen LogP contribution in [0.3, 0.4) is 0 Å². The molecule has 1 N–H and O–H groups in total. The average Bonchev–Trinajstić information content (AvgIpc) is 3.16. The molecule has 2 amide bonds. The highest BCUT2D eigenvalue weighted by atomic mass is 16.6. The zero-order chi connectivity index (χ0) is 20.3. The van der Waals surface area contributed by atoms with Gasteiger partial charge in [0, 0.05) is 17.0 Å². The molecule has 0 unspecified atom stereocenters. The van der Waals surface area contributed by atoms with Crippen LogP contribution in [0.2, 0.25) is 0 Å². The molecular formula is C19H19NO8. The molecule has 1 atom stereocenters. The highest BCUT2D eigenvalue weighted by molar-refractivity contribution is 5.95. The lowest BCUT2D eigenvalue weighted by Crippen LogP contribution is -2.40. The number of imide groups is 1. The average molecular weight is 389 g/mol. The van der Waals surface area contributed by atoms with Crippen LogP contribution < -0.4 is 15.7 Å². The first kappa shape index (κ1) is 19.4. The number of benzene rings is 1. The largest absolute Gasteiger partial charge is 0.482 e. The minimum atomic E-state index is -1.20. The number of hydrogen-bond acceptors (Lipinski definition) is 8. The summed E-state index contributed by atoms with van der Waals surface area (Å²) in [7, 11) is 1.10. The molecule has 0 bridgehead atoms. The Bertz CT molecular complexity index is 993. The fourth-order valence-electron chi connectivity index (χ4n) is 3.03. The summed E-state index contributed by atoms with van der Waals surface area (Å²) in [5.41, 5.74) is 1.77. The number of ether oxygens (including phenoxy) is 3. The van der Waals surface area contributed by atoms with E-state index in [4.69, 9.17) is 13.9 Å². The number of amides is 2. The van der Waals surface area contributed by atoms with E-state index >= 15 is 0 Å². The molecule has 1 aromatic heterocycles. The van der Waals surface area contributed by atoms with E-state index in [1.807, 2.05) is 5.32 Å². The lowest BCUT2D eigenvalue weighted by Gasteiger charge is -2.13. The van der Waals surface area contributed by atoms with Crippen LogP contribution in [0.1, 0.15) is 24.5 Å². The summed E-state index contributed by atoms with van der Waals surface area (Å²) in [6.45, 7) is 0.845. The van der Waals surface area contributed by atoms with Gasteiger partial charge >= 0.3 is 17.7 Å². The van der Waals surface area contributed by atoms with Gasteiger partial charge in [-0.2, -0.15) is 0 Å². The van der Waals surface area contributed by atoms with Gasteiger partial charge in [-0.15, -0.1) is 0 Å². The molecule has 0 aliphatic heterocycles. The van der Waals surface area contributed by atoms with Crippen LogP contribution in [0.25, 0.3) is 11.0 Å². The summed E-state index contributed by atoms with van der Waals surface area (Å²) in [5, 5.41) is 2.75. The van der Waals surface area contributed by atoms with Crippen molar-refractivity contribution in [1.82, 2.24) is 5.32 Å². The lowest BCUT2D eigenvalue weighted by molar-refractivity contribution is -0.156. The maximum absolute atomic E-state index is 12.0. The fourth-order valence-corrected chi connectivity index (χ4v) is 3.03. The van der Waals surface area contributed by atoms with Crippen LogP contribution in [-0.4, -0.2) is 37.8 Å². The second-order valence-electron chi connectivity index (χ2n) is 6.26. The Morgan fingerprint density at radius 3 is 2.71 bits per heavy atom. The third kappa shape index (κ3) is 4.13. The Labute approximate surface area is 159 Å². The molecule has 9 heteroatoms. The van der Waals surface area contributed by atoms with Gasteiger partial charge in [0.2, 0.25) is 0 Å². The molecular weight excluding hydrogens is 370 g/mol. The van der Waals surface area contributed by atoms with Crippen molar-refractivity contribution in [1.29, 1.82) is 0 Å². The number of fused-ring (bicyclic) bond motifs is 3. The van der Waals surface area contributed by atoms with Crippen molar-refractivity contribution in [3.63, 3.8) is 0 Å². The van der Waals surface area contributed by atoms with Crippen molar-refractivity contribution in [2.45, 2.75) is 32.3 Å². The van der Waals surface area contributed by atoms with E-state index in [1.54, 1.807) is 12.1 Å². The van der Waals surface area contributed by atoms with Crippen molar-refractivity contribution < 1.29 is 33.0 Å². The zero-order valence-electron chi connectivity index (χ0n) is 15.4. The number of hydrogen-bond donors (Lipinski definition) is 1. The van der Waals surface area contributed by atoms with E-state index in [9.17, 15) is 19.2 Å². The van der Waals surface area contributed by atoms with Crippen LogP contribution in [0.15, 0.2) is 27.4 Å². The van der Waals surface area contributed by atoms with Crippen molar-refractivity contribution in [2.75, 3.05) is 13.7 Å². The molecule has 1 heterocycles. The molecule has 0 fully saturated rings. The number of rotatable bonds is 5. The van der Waals surface area contributed by atoms with Crippen LogP contribution in [0.5, 0.6) is 5.75 Å². The maximum Gasteiger partial charge on any atom is 0.413 e. The van der Waals surface area contributed by atoms with E-state index < -0.39 is 30.7 Å². The van der Waals surface area contributed by atoms with Gasteiger partial charge in [-0.3, -0.25) is 10.1 Å². The van der Waals surface area contributed by atoms with Gasteiger partial charge in [0.1, 0.15) is 11.3 Å². The van der Waals surface area contributed by atoms with Gasteiger partial charge in [-0.25, -0.2) is 14.4 Å². The molecule has 0 spiro atoms. The monoisotopic (exact) mass is 389 g/mol. The summed E-state index contributed by atoms with van der Waals surface area (Å²) < 4.78 is 19.9. The second kappa shape index (κ2) is 8.12. The lowest BCUT2D eigenvalue weighted by atomic mass is 10.1. The zero-order valence-corrected chi connectivity index (χ0v) is 15.4. The van der Waals surface area contributed by atoms with Crippen molar-refractivity contribution in [3.05, 3.63) is 39.7 Å². The van der Waals surface area contributed by atoms with Gasteiger partial charge in [0.05, 0.1) is 7.11 Å². The van der Waals surface area contributed by atoms with Crippen LogP contribution in [0.4, 0.5) is 4.79 Å². The predicted molar refractivity (Wildman–Crippen MR) is 96.1 cm³/mol. The third-order valence-electron chi connectivity index (χ3n) is 4.39. The number of methoxy groups -OCH3 is 1. The summed E-state index contributed by atoms with van der Waals surface area (Å²) >= 11 is 0. The summed E-state index contributed by atoms with van der Waals surface area (Å²) in [6.07, 6.45) is 0.320. The molecule has 0 saturated carbocycles. The normalized spacial score (nSPS) is 13.5. The Balaban J connectivity index is 1.61. The number of nitrogens with one attached hydrogen (secondary N) is 1. The summed E-state index contributed by atoms with van der Waals surface area (Å²) in [4.78, 5) is 46.5. The predicted octanol–water partition coefficient (Wildman–Crippen LogP) is 1.47. The van der Waals surface area contributed by atoms with E-state index in [2.05, 4.69) is 4.74 Å². The van der Waals surface area contributed by atoms with Crippen molar-refractivity contribution >= 4 is 28.9 Å². The molecule has 1 aromatic carbocycles. The van der Waals surface area contributed by atoms with Crippen LogP contribution >= 0.6 is 0 Å². The fraction of sp³-hybridized carbons (Fsp3) is 0.368.